The van der Waals surface area contributed by atoms with Crippen molar-refractivity contribution in [3.8, 4) is 5.75 Å². The summed E-state index contributed by atoms with van der Waals surface area (Å²) in [5, 5.41) is 4.35. The third-order valence-corrected chi connectivity index (χ3v) is 5.21. The SMILES string of the molecule is COc1cc(C[S+]([O-])c2nc3cscc3[nH]2)ncc1Br. The van der Waals surface area contributed by atoms with Crippen molar-refractivity contribution in [3.63, 3.8) is 0 Å². The Morgan fingerprint density at radius 3 is 3.10 bits per heavy atom. The Kier molecular flexibility index (Phi) is 3.97. The second-order valence-corrected chi connectivity index (χ2v) is 6.98. The average Bonchev–Trinajstić information content (AvgIpc) is 3.01. The third-order valence-electron chi connectivity index (χ3n) is 2.70. The van der Waals surface area contributed by atoms with Gasteiger partial charge < -0.3 is 9.29 Å². The first-order valence-electron chi connectivity index (χ1n) is 5.66. The first-order chi connectivity index (χ1) is 9.67. The van der Waals surface area contributed by atoms with E-state index >= 15 is 0 Å². The van der Waals surface area contributed by atoms with Crippen molar-refractivity contribution in [2.24, 2.45) is 0 Å². The standard InChI is InChI=1S/C12H10BrN3O2S2/c1-18-11-2-7(14-3-8(11)13)6-20(17)12-15-9-4-19-5-10(9)16-12/h2-5H,6H2,1H3,(H,15,16). The first kappa shape index (κ1) is 13.9. The summed E-state index contributed by atoms with van der Waals surface area (Å²) >= 11 is 3.65. The van der Waals surface area contributed by atoms with E-state index in [9.17, 15) is 4.55 Å². The van der Waals surface area contributed by atoms with Gasteiger partial charge in [0, 0.05) is 34.2 Å². The smallest absolute Gasteiger partial charge is 0.322 e. The molecule has 0 aliphatic rings. The maximum absolute atomic E-state index is 12.3. The van der Waals surface area contributed by atoms with Crippen molar-refractivity contribution in [1.29, 1.82) is 0 Å². The van der Waals surface area contributed by atoms with Crippen LogP contribution in [-0.2, 0) is 16.9 Å². The van der Waals surface area contributed by atoms with Gasteiger partial charge in [-0.2, -0.15) is 4.98 Å². The summed E-state index contributed by atoms with van der Waals surface area (Å²) in [6.07, 6.45) is 1.64. The van der Waals surface area contributed by atoms with Gasteiger partial charge in [0.05, 0.1) is 22.8 Å². The average molecular weight is 372 g/mol. The molecule has 1 unspecified atom stereocenters. The van der Waals surface area contributed by atoms with Crippen molar-refractivity contribution in [2.45, 2.75) is 10.9 Å². The predicted octanol–water partition coefficient (Wildman–Crippen LogP) is 3.10. The van der Waals surface area contributed by atoms with Crippen LogP contribution in [0.3, 0.4) is 0 Å². The van der Waals surface area contributed by atoms with E-state index in [2.05, 4.69) is 30.9 Å². The Morgan fingerprint density at radius 2 is 2.35 bits per heavy atom. The monoisotopic (exact) mass is 371 g/mol. The molecule has 0 bridgehead atoms. The van der Waals surface area contributed by atoms with Crippen LogP contribution < -0.4 is 4.74 Å². The number of ether oxygens (including phenoxy) is 1. The summed E-state index contributed by atoms with van der Waals surface area (Å²) in [7, 11) is 1.58. The largest absolute Gasteiger partial charge is 0.609 e. The lowest BCUT2D eigenvalue weighted by molar-refractivity contribution is 0.411. The second kappa shape index (κ2) is 5.72. The maximum Gasteiger partial charge on any atom is 0.322 e. The van der Waals surface area contributed by atoms with E-state index in [0.29, 0.717) is 22.4 Å². The summed E-state index contributed by atoms with van der Waals surface area (Å²) in [5.41, 5.74) is 2.46. The summed E-state index contributed by atoms with van der Waals surface area (Å²) in [4.78, 5) is 11.6. The van der Waals surface area contributed by atoms with Crippen molar-refractivity contribution in [1.82, 2.24) is 15.0 Å². The van der Waals surface area contributed by atoms with Gasteiger partial charge in [-0.25, -0.2) is 0 Å². The molecule has 5 nitrogen and oxygen atoms in total. The third kappa shape index (κ3) is 2.69. The topological polar surface area (TPSA) is 73.9 Å². The molecule has 20 heavy (non-hydrogen) atoms. The molecule has 8 heteroatoms. The highest BCUT2D eigenvalue weighted by Crippen LogP contribution is 2.26. The molecular weight excluding hydrogens is 362 g/mol. The molecule has 3 aromatic heterocycles. The number of hydrogen-bond acceptors (Lipinski definition) is 5. The number of aromatic nitrogens is 3. The predicted molar refractivity (Wildman–Crippen MR) is 82.6 cm³/mol. The van der Waals surface area contributed by atoms with Crippen molar-refractivity contribution < 1.29 is 9.29 Å². The molecule has 0 amide bonds. The molecule has 0 aromatic carbocycles. The molecule has 0 saturated heterocycles. The molecular formula is C12H10BrN3O2S2. The van der Waals surface area contributed by atoms with Crippen LogP contribution in [0.4, 0.5) is 0 Å². The zero-order valence-corrected chi connectivity index (χ0v) is 13.6. The van der Waals surface area contributed by atoms with E-state index in [4.69, 9.17) is 4.74 Å². The van der Waals surface area contributed by atoms with E-state index in [1.54, 1.807) is 30.7 Å². The zero-order valence-electron chi connectivity index (χ0n) is 10.4. The molecule has 0 saturated carbocycles. The minimum absolute atomic E-state index is 0.295. The van der Waals surface area contributed by atoms with Crippen molar-refractivity contribution in [3.05, 3.63) is 33.2 Å². The molecule has 3 heterocycles. The van der Waals surface area contributed by atoms with Crippen LogP contribution in [0.25, 0.3) is 11.0 Å². The number of H-pyrrole nitrogens is 1. The van der Waals surface area contributed by atoms with Crippen LogP contribution >= 0.6 is 27.3 Å². The molecule has 3 aromatic rings. The molecule has 1 N–H and O–H groups in total. The fraction of sp³-hybridized carbons (Fsp3) is 0.167. The number of nitrogens with zero attached hydrogens (tertiary/aromatic N) is 2. The summed E-state index contributed by atoms with van der Waals surface area (Å²) in [6, 6.07) is 1.77. The van der Waals surface area contributed by atoms with Crippen LogP contribution in [0.1, 0.15) is 5.69 Å². The number of imidazole rings is 1. The fourth-order valence-electron chi connectivity index (χ4n) is 1.73. The van der Waals surface area contributed by atoms with Crippen LogP contribution in [0.15, 0.2) is 32.7 Å². The lowest BCUT2D eigenvalue weighted by Gasteiger charge is -2.08. The molecule has 104 valence electrons. The van der Waals surface area contributed by atoms with Gasteiger partial charge in [-0.1, -0.05) is 0 Å². The summed E-state index contributed by atoms with van der Waals surface area (Å²) in [5.74, 6) is 0.968. The highest BCUT2D eigenvalue weighted by Gasteiger charge is 2.19. The molecule has 0 fully saturated rings. The zero-order chi connectivity index (χ0) is 14.1. The number of halogens is 1. The first-order valence-corrected chi connectivity index (χ1v) is 8.71. The van der Waals surface area contributed by atoms with Gasteiger partial charge in [0.2, 0.25) is 0 Å². The van der Waals surface area contributed by atoms with Gasteiger partial charge in [0.25, 0.3) is 0 Å². The fourth-order valence-corrected chi connectivity index (χ4v) is 3.79. The van der Waals surface area contributed by atoms with E-state index in [-0.39, 0.29) is 0 Å². The van der Waals surface area contributed by atoms with Gasteiger partial charge in [0.1, 0.15) is 11.3 Å². The van der Waals surface area contributed by atoms with Gasteiger partial charge in [-0.05, 0) is 15.9 Å². The van der Waals surface area contributed by atoms with Crippen molar-refractivity contribution >= 4 is 49.5 Å². The summed E-state index contributed by atoms with van der Waals surface area (Å²) < 4.78 is 18.3. The Labute approximate surface area is 130 Å². The van der Waals surface area contributed by atoms with E-state index in [1.165, 1.54) is 0 Å². The minimum atomic E-state index is -1.26. The molecule has 0 radical (unpaired) electrons. The quantitative estimate of drug-likeness (QED) is 0.715. The van der Waals surface area contributed by atoms with Crippen molar-refractivity contribution in [2.75, 3.05) is 7.11 Å². The van der Waals surface area contributed by atoms with Crippen LogP contribution in [-0.4, -0.2) is 26.6 Å². The lowest BCUT2D eigenvalue weighted by Crippen LogP contribution is -2.08. The Hall–Kier alpha value is -1.09. The normalized spacial score (nSPS) is 12.8. The molecule has 3 rings (SSSR count). The maximum atomic E-state index is 12.3. The van der Waals surface area contributed by atoms with Crippen LogP contribution in [0, 0.1) is 0 Å². The summed E-state index contributed by atoms with van der Waals surface area (Å²) in [6.45, 7) is 0. The number of aromatic amines is 1. The number of fused-ring (bicyclic) bond motifs is 1. The number of thiophene rings is 1. The van der Waals surface area contributed by atoms with Crippen LogP contribution in [0.5, 0.6) is 5.75 Å². The Bertz CT molecular complexity index is 715. The van der Waals surface area contributed by atoms with Crippen LogP contribution in [0.2, 0.25) is 0 Å². The van der Waals surface area contributed by atoms with E-state index < -0.39 is 11.2 Å². The number of methoxy groups -OCH3 is 1. The Morgan fingerprint density at radius 1 is 1.50 bits per heavy atom. The lowest BCUT2D eigenvalue weighted by atomic mass is 10.3. The highest BCUT2D eigenvalue weighted by molar-refractivity contribution is 9.10. The number of rotatable bonds is 4. The molecule has 0 aliphatic carbocycles. The number of nitrogens with one attached hydrogen (secondary N) is 1. The highest BCUT2D eigenvalue weighted by atomic mass is 79.9. The number of pyridine rings is 1. The second-order valence-electron chi connectivity index (χ2n) is 4.01. The van der Waals surface area contributed by atoms with Gasteiger partial charge in [-0.3, -0.25) is 9.97 Å². The van der Waals surface area contributed by atoms with Gasteiger partial charge >= 0.3 is 5.16 Å². The van der Waals surface area contributed by atoms with E-state index in [0.717, 1.165) is 15.5 Å². The minimum Gasteiger partial charge on any atom is -0.609 e. The number of hydrogen-bond donors (Lipinski definition) is 1. The molecule has 0 aliphatic heterocycles. The molecule has 1 atom stereocenters. The van der Waals surface area contributed by atoms with E-state index in [1.807, 2.05) is 10.8 Å². The van der Waals surface area contributed by atoms with Gasteiger partial charge in [-0.15, -0.1) is 11.3 Å². The van der Waals surface area contributed by atoms with Gasteiger partial charge in [0.15, 0.2) is 5.75 Å². The Balaban J connectivity index is 1.81. The molecule has 0 spiro atoms.